The molecule has 0 aliphatic carbocycles. The third-order valence-electron chi connectivity index (χ3n) is 4.79. The highest BCUT2D eigenvalue weighted by Gasteiger charge is 2.19. The number of hydrogen-bond acceptors (Lipinski definition) is 3. The second-order valence-electron chi connectivity index (χ2n) is 6.60. The summed E-state index contributed by atoms with van der Waals surface area (Å²) in [7, 11) is 0. The number of imidazole rings is 1. The summed E-state index contributed by atoms with van der Waals surface area (Å²) in [5, 5.41) is 4.80. The highest BCUT2D eigenvalue weighted by molar-refractivity contribution is 6.11. The molecule has 0 spiro atoms. The molecule has 1 N–H and O–H groups in total. The first kappa shape index (κ1) is 17.1. The second-order valence-corrected chi connectivity index (χ2v) is 6.60. The molecule has 6 heteroatoms. The van der Waals surface area contributed by atoms with Gasteiger partial charge >= 0.3 is 0 Å². The molecule has 1 amide bonds. The molecule has 3 heterocycles. The van der Waals surface area contributed by atoms with E-state index in [1.807, 2.05) is 53.1 Å². The summed E-state index contributed by atoms with van der Waals surface area (Å²) in [5.74, 6) is -0.0581. The Labute approximate surface area is 165 Å². The van der Waals surface area contributed by atoms with E-state index in [1.165, 1.54) is 12.1 Å². The predicted octanol–water partition coefficient (Wildman–Crippen LogP) is 4.94. The fourth-order valence-electron chi connectivity index (χ4n) is 3.42. The average Bonchev–Trinajstić information content (AvgIpc) is 3.14. The summed E-state index contributed by atoms with van der Waals surface area (Å²) in [4.78, 5) is 21.8. The molecular formula is C23H15FN4O. The van der Waals surface area contributed by atoms with E-state index in [4.69, 9.17) is 0 Å². The van der Waals surface area contributed by atoms with Gasteiger partial charge in [0, 0.05) is 40.6 Å². The number of carbonyl (C=O) groups excluding carboxylic acids is 1. The van der Waals surface area contributed by atoms with Crippen molar-refractivity contribution in [2.45, 2.75) is 0 Å². The van der Waals surface area contributed by atoms with E-state index in [9.17, 15) is 9.18 Å². The Morgan fingerprint density at radius 3 is 2.69 bits per heavy atom. The zero-order valence-corrected chi connectivity index (χ0v) is 15.2. The SMILES string of the molecule is O=C(Nc1cccc2cnccc12)c1nc(-c2ccc(F)cc2)n2ccccc12. The first-order valence-corrected chi connectivity index (χ1v) is 9.08. The number of anilines is 1. The molecule has 3 aromatic heterocycles. The molecule has 5 aromatic rings. The molecule has 5 rings (SSSR count). The Balaban J connectivity index is 1.59. The van der Waals surface area contributed by atoms with Crippen molar-refractivity contribution in [3.8, 4) is 11.4 Å². The van der Waals surface area contributed by atoms with Gasteiger partial charge in [-0.1, -0.05) is 18.2 Å². The number of rotatable bonds is 3. The largest absolute Gasteiger partial charge is 0.320 e. The van der Waals surface area contributed by atoms with Crippen LogP contribution in [-0.2, 0) is 0 Å². The van der Waals surface area contributed by atoms with Crippen LogP contribution in [0.1, 0.15) is 10.5 Å². The van der Waals surface area contributed by atoms with Crippen molar-refractivity contribution < 1.29 is 9.18 Å². The zero-order chi connectivity index (χ0) is 19.8. The molecule has 2 aromatic carbocycles. The maximum atomic E-state index is 13.3. The molecule has 29 heavy (non-hydrogen) atoms. The quantitative estimate of drug-likeness (QED) is 0.481. The summed E-state index contributed by atoms with van der Waals surface area (Å²) >= 11 is 0. The van der Waals surface area contributed by atoms with Gasteiger partial charge in [0.25, 0.3) is 5.91 Å². The molecule has 0 unspecified atom stereocenters. The normalized spacial score (nSPS) is 11.1. The van der Waals surface area contributed by atoms with Crippen LogP contribution >= 0.6 is 0 Å². The Morgan fingerprint density at radius 2 is 1.83 bits per heavy atom. The van der Waals surface area contributed by atoms with Crippen LogP contribution < -0.4 is 5.32 Å². The van der Waals surface area contributed by atoms with E-state index in [0.29, 0.717) is 22.7 Å². The van der Waals surface area contributed by atoms with Gasteiger partial charge in [-0.25, -0.2) is 9.37 Å². The molecule has 0 atom stereocenters. The third-order valence-corrected chi connectivity index (χ3v) is 4.79. The van der Waals surface area contributed by atoms with E-state index in [-0.39, 0.29) is 11.7 Å². The van der Waals surface area contributed by atoms with E-state index in [1.54, 1.807) is 24.5 Å². The Morgan fingerprint density at radius 1 is 0.966 bits per heavy atom. The number of halogens is 1. The van der Waals surface area contributed by atoms with E-state index in [2.05, 4.69) is 15.3 Å². The van der Waals surface area contributed by atoms with Gasteiger partial charge in [-0.2, -0.15) is 0 Å². The van der Waals surface area contributed by atoms with Crippen molar-refractivity contribution in [2.75, 3.05) is 5.32 Å². The number of fused-ring (bicyclic) bond motifs is 2. The Bertz CT molecular complexity index is 1350. The van der Waals surface area contributed by atoms with Crippen molar-refractivity contribution in [2.24, 2.45) is 0 Å². The molecule has 0 aliphatic rings. The summed E-state index contributed by atoms with van der Waals surface area (Å²) in [6, 6.07) is 19.1. The number of nitrogens with one attached hydrogen (secondary N) is 1. The molecule has 0 radical (unpaired) electrons. The van der Waals surface area contributed by atoms with Crippen LogP contribution in [0.5, 0.6) is 0 Å². The van der Waals surface area contributed by atoms with E-state index in [0.717, 1.165) is 16.3 Å². The van der Waals surface area contributed by atoms with Crippen LogP contribution in [0, 0.1) is 5.82 Å². The molecule has 0 saturated carbocycles. The lowest BCUT2D eigenvalue weighted by Gasteiger charge is -2.07. The number of nitrogens with zero attached hydrogens (tertiary/aromatic N) is 3. The van der Waals surface area contributed by atoms with Gasteiger partial charge in [0.05, 0.1) is 5.52 Å². The number of aromatic nitrogens is 3. The zero-order valence-electron chi connectivity index (χ0n) is 15.2. The smallest absolute Gasteiger partial charge is 0.276 e. The highest BCUT2D eigenvalue weighted by atomic mass is 19.1. The molecule has 0 saturated heterocycles. The maximum Gasteiger partial charge on any atom is 0.276 e. The third kappa shape index (κ3) is 3.00. The molecular weight excluding hydrogens is 367 g/mol. The molecule has 0 aliphatic heterocycles. The first-order valence-electron chi connectivity index (χ1n) is 9.08. The number of benzene rings is 2. The van der Waals surface area contributed by atoms with Crippen LogP contribution in [0.25, 0.3) is 27.7 Å². The lowest BCUT2D eigenvalue weighted by Crippen LogP contribution is -2.13. The van der Waals surface area contributed by atoms with Crippen molar-refractivity contribution in [1.29, 1.82) is 0 Å². The number of amides is 1. The highest BCUT2D eigenvalue weighted by Crippen LogP contribution is 2.26. The standard InChI is InChI=1S/C23H15FN4O/c24-17-9-7-15(8-10-17)22-27-21(20-6-1-2-13-28(20)22)23(29)26-19-5-3-4-16-14-25-12-11-18(16)19/h1-14H,(H,26,29). The van der Waals surface area contributed by atoms with Gasteiger partial charge in [-0.15, -0.1) is 0 Å². The van der Waals surface area contributed by atoms with E-state index < -0.39 is 0 Å². The lowest BCUT2D eigenvalue weighted by atomic mass is 10.1. The van der Waals surface area contributed by atoms with Crippen LogP contribution in [0.2, 0.25) is 0 Å². The van der Waals surface area contributed by atoms with Crippen LogP contribution in [-0.4, -0.2) is 20.3 Å². The predicted molar refractivity (Wildman–Crippen MR) is 110 cm³/mol. The molecule has 5 nitrogen and oxygen atoms in total. The minimum absolute atomic E-state index is 0.302. The molecule has 140 valence electrons. The molecule has 0 bridgehead atoms. The van der Waals surface area contributed by atoms with Gasteiger partial charge in [0.2, 0.25) is 0 Å². The fourth-order valence-corrected chi connectivity index (χ4v) is 3.42. The summed E-state index contributed by atoms with van der Waals surface area (Å²) in [6.07, 6.45) is 5.28. The number of hydrogen-bond donors (Lipinski definition) is 1. The van der Waals surface area contributed by atoms with Crippen molar-refractivity contribution >= 4 is 27.9 Å². The van der Waals surface area contributed by atoms with Crippen LogP contribution in [0.15, 0.2) is 85.3 Å². The Hall–Kier alpha value is -4.06. The monoisotopic (exact) mass is 382 g/mol. The van der Waals surface area contributed by atoms with Gasteiger partial charge in [0.1, 0.15) is 11.6 Å². The summed E-state index contributed by atoms with van der Waals surface area (Å²) in [6.45, 7) is 0. The van der Waals surface area contributed by atoms with Gasteiger partial charge in [-0.05, 0) is 48.5 Å². The van der Waals surface area contributed by atoms with Gasteiger partial charge in [0.15, 0.2) is 5.69 Å². The van der Waals surface area contributed by atoms with Crippen molar-refractivity contribution in [3.05, 3.63) is 96.8 Å². The number of carbonyl (C=O) groups is 1. The van der Waals surface area contributed by atoms with Crippen LogP contribution in [0.4, 0.5) is 10.1 Å². The van der Waals surface area contributed by atoms with Crippen molar-refractivity contribution in [3.63, 3.8) is 0 Å². The maximum absolute atomic E-state index is 13.3. The lowest BCUT2D eigenvalue weighted by molar-refractivity contribution is 0.102. The van der Waals surface area contributed by atoms with Crippen molar-refractivity contribution in [1.82, 2.24) is 14.4 Å². The number of pyridine rings is 2. The first-order chi connectivity index (χ1) is 14.2. The van der Waals surface area contributed by atoms with Gasteiger partial charge < -0.3 is 5.32 Å². The molecule has 0 fully saturated rings. The fraction of sp³-hybridized carbons (Fsp3) is 0. The van der Waals surface area contributed by atoms with E-state index >= 15 is 0 Å². The van der Waals surface area contributed by atoms with Gasteiger partial charge in [-0.3, -0.25) is 14.2 Å². The Kier molecular flexibility index (Phi) is 4.02. The summed E-state index contributed by atoms with van der Waals surface area (Å²) in [5.41, 5.74) is 2.39. The minimum atomic E-state index is -0.321. The summed E-state index contributed by atoms with van der Waals surface area (Å²) < 4.78 is 15.2. The topological polar surface area (TPSA) is 59.3 Å². The average molecular weight is 382 g/mol. The minimum Gasteiger partial charge on any atom is -0.320 e. The second kappa shape index (κ2) is 6.83. The van der Waals surface area contributed by atoms with Crippen LogP contribution in [0.3, 0.4) is 0 Å².